The van der Waals surface area contributed by atoms with Crippen molar-refractivity contribution in [3.8, 4) is 17.6 Å². The van der Waals surface area contributed by atoms with Crippen LogP contribution in [0.15, 0.2) is 57.9 Å². The molecule has 0 aliphatic carbocycles. The summed E-state index contributed by atoms with van der Waals surface area (Å²) in [5.41, 5.74) is 2.84. The van der Waals surface area contributed by atoms with Gasteiger partial charge in [0.2, 0.25) is 0 Å². The number of benzene rings is 2. The third-order valence-corrected chi connectivity index (χ3v) is 5.24. The van der Waals surface area contributed by atoms with E-state index in [2.05, 4.69) is 33.8 Å². The quantitative estimate of drug-likeness (QED) is 0.336. The molecule has 0 saturated carbocycles. The molecule has 1 N–H and O–H groups in total. The van der Waals surface area contributed by atoms with Crippen LogP contribution in [0.3, 0.4) is 0 Å². The highest BCUT2D eigenvalue weighted by Crippen LogP contribution is 2.27. The molecule has 0 fully saturated rings. The number of hydrogen-bond acceptors (Lipinski definition) is 5. The summed E-state index contributed by atoms with van der Waals surface area (Å²) >= 11 is 5.11. The molecular formula is C23H23BrO4S. The highest BCUT2D eigenvalue weighted by Gasteiger charge is 2.06. The van der Waals surface area contributed by atoms with Crippen LogP contribution in [0, 0.1) is 18.8 Å². The van der Waals surface area contributed by atoms with Crippen LogP contribution in [0.2, 0.25) is 0 Å². The molecule has 0 amide bonds. The normalized spacial score (nSPS) is 10.8. The molecule has 29 heavy (non-hydrogen) atoms. The van der Waals surface area contributed by atoms with E-state index in [1.54, 1.807) is 18.7 Å². The Morgan fingerprint density at radius 2 is 2.00 bits per heavy atom. The maximum Gasteiger partial charge on any atom is 0.344 e. The van der Waals surface area contributed by atoms with Crippen molar-refractivity contribution in [3.05, 3.63) is 64.1 Å². The summed E-state index contributed by atoms with van der Waals surface area (Å²) < 4.78 is 11.4. The molecule has 0 saturated heterocycles. The van der Waals surface area contributed by atoms with Crippen molar-refractivity contribution in [2.24, 2.45) is 0 Å². The first-order valence-corrected chi connectivity index (χ1v) is 10.9. The van der Waals surface area contributed by atoms with Gasteiger partial charge in [-0.15, -0.1) is 11.8 Å². The van der Waals surface area contributed by atoms with Gasteiger partial charge in [-0.3, -0.25) is 0 Å². The molecule has 0 heterocycles. The van der Waals surface area contributed by atoms with Gasteiger partial charge in [0.1, 0.15) is 12.4 Å². The second-order valence-corrected chi connectivity index (χ2v) is 7.93. The van der Waals surface area contributed by atoms with E-state index >= 15 is 0 Å². The van der Waals surface area contributed by atoms with E-state index in [4.69, 9.17) is 14.6 Å². The first-order valence-electron chi connectivity index (χ1n) is 9.11. The van der Waals surface area contributed by atoms with Crippen LogP contribution in [-0.2, 0) is 9.53 Å². The fraction of sp³-hybridized carbons (Fsp3) is 0.261. The molecule has 0 atom stereocenters. The lowest BCUT2D eigenvalue weighted by Gasteiger charge is -2.10. The maximum atomic E-state index is 11.4. The number of aliphatic hydroxyl groups excluding tert-OH is 1. The Hall–Kier alpha value is -2.20. The van der Waals surface area contributed by atoms with Crippen molar-refractivity contribution < 1.29 is 19.4 Å². The van der Waals surface area contributed by atoms with Crippen LogP contribution in [0.1, 0.15) is 18.1 Å². The van der Waals surface area contributed by atoms with Crippen molar-refractivity contribution in [2.75, 3.05) is 25.6 Å². The molecule has 0 spiro atoms. The highest BCUT2D eigenvalue weighted by molar-refractivity contribution is 9.10. The lowest BCUT2D eigenvalue weighted by Crippen LogP contribution is -2.14. The Bertz CT molecular complexity index is 911. The minimum absolute atomic E-state index is 0.0933. The van der Waals surface area contributed by atoms with Gasteiger partial charge in [0.05, 0.1) is 6.61 Å². The summed E-state index contributed by atoms with van der Waals surface area (Å²) in [6, 6.07) is 13.8. The number of halogens is 1. The summed E-state index contributed by atoms with van der Waals surface area (Å²) in [4.78, 5) is 12.5. The lowest BCUT2D eigenvalue weighted by molar-refractivity contribution is -0.145. The second-order valence-electron chi connectivity index (χ2n) is 5.92. The summed E-state index contributed by atoms with van der Waals surface area (Å²) in [5, 5.41) is 9.02. The molecule has 2 aromatic rings. The third-order valence-electron chi connectivity index (χ3n) is 3.79. The fourth-order valence-corrected chi connectivity index (χ4v) is 3.57. The molecule has 0 aliphatic rings. The van der Waals surface area contributed by atoms with Gasteiger partial charge in [-0.1, -0.05) is 46.0 Å². The SMILES string of the molecule is CCOC(=O)COc1ccc(SCC=C(C#CCO)c2ccc(Br)cc2)cc1C. The zero-order chi connectivity index (χ0) is 21.1. The average Bonchev–Trinajstić information content (AvgIpc) is 2.71. The van der Waals surface area contributed by atoms with Gasteiger partial charge in [0, 0.05) is 20.7 Å². The van der Waals surface area contributed by atoms with Crippen molar-refractivity contribution in [2.45, 2.75) is 18.7 Å². The fourth-order valence-electron chi connectivity index (χ4n) is 2.44. The number of aryl methyl sites for hydroxylation is 1. The number of allylic oxidation sites excluding steroid dienone is 1. The molecule has 0 bridgehead atoms. The van der Waals surface area contributed by atoms with E-state index in [9.17, 15) is 4.79 Å². The van der Waals surface area contributed by atoms with E-state index in [0.29, 0.717) is 12.4 Å². The number of thioether (sulfide) groups is 1. The summed E-state index contributed by atoms with van der Waals surface area (Å²) in [7, 11) is 0. The standard InChI is InChI=1S/C23H23BrO4S/c1-3-27-23(26)16-28-22-11-10-21(15-17(22)2)29-14-12-18(5-4-13-25)19-6-8-20(24)9-7-19/h6-12,15,25H,3,13-14,16H2,1-2H3. The molecule has 4 nitrogen and oxygen atoms in total. The van der Waals surface area contributed by atoms with Crippen LogP contribution in [0.4, 0.5) is 0 Å². The Balaban J connectivity index is 2.02. The summed E-state index contributed by atoms with van der Waals surface area (Å²) in [6.07, 6.45) is 2.05. The number of ether oxygens (including phenoxy) is 2. The summed E-state index contributed by atoms with van der Waals surface area (Å²) in [6.45, 7) is 3.79. The highest BCUT2D eigenvalue weighted by atomic mass is 79.9. The minimum Gasteiger partial charge on any atom is -0.482 e. The predicted molar refractivity (Wildman–Crippen MR) is 121 cm³/mol. The van der Waals surface area contributed by atoms with E-state index in [1.165, 1.54) is 0 Å². The number of rotatable bonds is 8. The smallest absolute Gasteiger partial charge is 0.344 e. The van der Waals surface area contributed by atoms with E-state index in [1.807, 2.05) is 49.4 Å². The van der Waals surface area contributed by atoms with E-state index in [-0.39, 0.29) is 19.2 Å². The Morgan fingerprint density at radius 3 is 2.66 bits per heavy atom. The summed E-state index contributed by atoms with van der Waals surface area (Å²) in [5.74, 6) is 6.76. The molecule has 0 unspecified atom stereocenters. The minimum atomic E-state index is -0.375. The van der Waals surface area contributed by atoms with E-state index < -0.39 is 0 Å². The van der Waals surface area contributed by atoms with Crippen molar-refractivity contribution >= 4 is 39.2 Å². The van der Waals surface area contributed by atoms with Gasteiger partial charge in [-0.25, -0.2) is 4.79 Å². The van der Waals surface area contributed by atoms with Crippen LogP contribution >= 0.6 is 27.7 Å². The second kappa shape index (κ2) is 12.4. The number of hydrogen-bond donors (Lipinski definition) is 1. The van der Waals surface area contributed by atoms with Gasteiger partial charge < -0.3 is 14.6 Å². The number of carbonyl (C=O) groups excluding carboxylic acids is 1. The molecule has 2 aromatic carbocycles. The number of carbonyl (C=O) groups is 1. The largest absolute Gasteiger partial charge is 0.482 e. The zero-order valence-electron chi connectivity index (χ0n) is 16.4. The van der Waals surface area contributed by atoms with Crippen LogP contribution in [0.5, 0.6) is 5.75 Å². The molecule has 0 aromatic heterocycles. The monoisotopic (exact) mass is 474 g/mol. The third kappa shape index (κ3) is 7.98. The molecule has 0 aliphatic heterocycles. The van der Waals surface area contributed by atoms with Gasteiger partial charge >= 0.3 is 5.97 Å². The maximum absolute atomic E-state index is 11.4. The number of aliphatic hydroxyl groups is 1. The van der Waals surface area contributed by atoms with Crippen LogP contribution in [0.25, 0.3) is 5.57 Å². The van der Waals surface area contributed by atoms with Gasteiger partial charge in [-0.2, -0.15) is 0 Å². The van der Waals surface area contributed by atoms with Crippen LogP contribution < -0.4 is 4.74 Å². The van der Waals surface area contributed by atoms with Gasteiger partial charge in [0.25, 0.3) is 0 Å². The predicted octanol–water partition coefficient (Wildman–Crippen LogP) is 4.87. The van der Waals surface area contributed by atoms with Crippen molar-refractivity contribution in [1.82, 2.24) is 0 Å². The molecule has 6 heteroatoms. The molecular weight excluding hydrogens is 452 g/mol. The van der Waals surface area contributed by atoms with Crippen molar-refractivity contribution in [1.29, 1.82) is 0 Å². The molecule has 152 valence electrons. The van der Waals surface area contributed by atoms with Gasteiger partial charge in [0.15, 0.2) is 6.61 Å². The topological polar surface area (TPSA) is 55.8 Å². The van der Waals surface area contributed by atoms with Gasteiger partial charge in [-0.05, 0) is 55.3 Å². The average molecular weight is 475 g/mol. The zero-order valence-corrected chi connectivity index (χ0v) is 18.8. The first kappa shape index (κ1) is 23.1. The molecule has 2 rings (SSSR count). The first-order chi connectivity index (χ1) is 14.0. The Morgan fingerprint density at radius 1 is 1.24 bits per heavy atom. The van der Waals surface area contributed by atoms with E-state index in [0.717, 1.165) is 31.8 Å². The number of esters is 1. The Labute approximate surface area is 184 Å². The molecule has 0 radical (unpaired) electrons. The van der Waals surface area contributed by atoms with Crippen molar-refractivity contribution in [3.63, 3.8) is 0 Å². The lowest BCUT2D eigenvalue weighted by atomic mass is 10.1. The Kier molecular flexibility index (Phi) is 9.85. The van der Waals surface area contributed by atoms with Crippen LogP contribution in [-0.4, -0.2) is 36.6 Å².